The van der Waals surface area contributed by atoms with Crippen molar-refractivity contribution >= 4 is 6.08 Å². The molecule has 1 nitrogen and oxygen atoms in total. The Bertz CT molecular complexity index is 293. The first-order chi connectivity index (χ1) is 5.83. The number of rotatable bonds is 2. The van der Waals surface area contributed by atoms with E-state index in [0.29, 0.717) is 0 Å². The van der Waals surface area contributed by atoms with Gasteiger partial charge in [0, 0.05) is 0 Å². The summed E-state index contributed by atoms with van der Waals surface area (Å²) >= 11 is 0. The Hall–Kier alpha value is -1.55. The summed E-state index contributed by atoms with van der Waals surface area (Å²) in [6.07, 6.45) is 3.86. The minimum absolute atomic E-state index is 0.00907. The average molecular weight is 157 g/mol. The predicted octanol–water partition coefficient (Wildman–Crippen LogP) is 2.86. The number of hydrogen-bond acceptors (Lipinski definition) is 1. The van der Waals surface area contributed by atoms with Crippen LogP contribution in [-0.4, -0.2) is 0 Å². The van der Waals surface area contributed by atoms with Crippen molar-refractivity contribution in [3.05, 3.63) is 42.0 Å². The monoisotopic (exact) mass is 157 g/mol. The second kappa shape index (κ2) is 4.35. The van der Waals surface area contributed by atoms with E-state index in [9.17, 15) is 0 Å². The van der Waals surface area contributed by atoms with Crippen molar-refractivity contribution in [3.63, 3.8) is 0 Å². The SMILES string of the molecule is C[C@@H](C#N)/C=C/c1ccccc1. The summed E-state index contributed by atoms with van der Waals surface area (Å²) in [7, 11) is 0. The summed E-state index contributed by atoms with van der Waals surface area (Å²) in [6.45, 7) is 1.87. The zero-order valence-corrected chi connectivity index (χ0v) is 7.07. The van der Waals surface area contributed by atoms with Gasteiger partial charge >= 0.3 is 0 Å². The molecule has 0 unspecified atom stereocenters. The van der Waals surface area contributed by atoms with Gasteiger partial charge in [0.05, 0.1) is 12.0 Å². The van der Waals surface area contributed by atoms with Crippen molar-refractivity contribution in [2.75, 3.05) is 0 Å². The minimum Gasteiger partial charge on any atom is -0.198 e. The first-order valence-corrected chi connectivity index (χ1v) is 3.96. The molecule has 0 fully saturated rings. The molecule has 0 aliphatic rings. The van der Waals surface area contributed by atoms with Gasteiger partial charge in [-0.15, -0.1) is 0 Å². The van der Waals surface area contributed by atoms with Gasteiger partial charge in [0.1, 0.15) is 0 Å². The number of nitrogens with zero attached hydrogens (tertiary/aromatic N) is 1. The van der Waals surface area contributed by atoms with E-state index in [1.54, 1.807) is 0 Å². The van der Waals surface area contributed by atoms with Crippen molar-refractivity contribution in [1.29, 1.82) is 5.26 Å². The first kappa shape index (κ1) is 8.55. The molecule has 1 aromatic rings. The summed E-state index contributed by atoms with van der Waals surface area (Å²) in [5.41, 5.74) is 1.14. The summed E-state index contributed by atoms with van der Waals surface area (Å²) in [5, 5.41) is 8.51. The van der Waals surface area contributed by atoms with Gasteiger partial charge < -0.3 is 0 Å². The minimum atomic E-state index is -0.00907. The fourth-order valence-corrected chi connectivity index (χ4v) is 0.863. The van der Waals surface area contributed by atoms with Crippen LogP contribution in [0.2, 0.25) is 0 Å². The van der Waals surface area contributed by atoms with Gasteiger partial charge in [-0.05, 0) is 12.5 Å². The molecule has 0 heterocycles. The lowest BCUT2D eigenvalue weighted by Crippen LogP contribution is -1.80. The van der Waals surface area contributed by atoms with Crippen LogP contribution in [0, 0.1) is 17.2 Å². The second-order valence-corrected chi connectivity index (χ2v) is 2.69. The number of hydrogen-bond donors (Lipinski definition) is 0. The highest BCUT2D eigenvalue weighted by molar-refractivity contribution is 5.49. The molecule has 12 heavy (non-hydrogen) atoms. The first-order valence-electron chi connectivity index (χ1n) is 3.96. The van der Waals surface area contributed by atoms with Crippen molar-refractivity contribution in [2.45, 2.75) is 6.92 Å². The largest absolute Gasteiger partial charge is 0.198 e. The van der Waals surface area contributed by atoms with Crippen LogP contribution in [0.15, 0.2) is 36.4 Å². The van der Waals surface area contributed by atoms with E-state index in [1.807, 2.05) is 49.4 Å². The zero-order chi connectivity index (χ0) is 8.81. The predicted molar refractivity (Wildman–Crippen MR) is 50.3 cm³/mol. The van der Waals surface area contributed by atoms with Crippen LogP contribution in [0.5, 0.6) is 0 Å². The molecule has 1 atom stereocenters. The van der Waals surface area contributed by atoms with Crippen molar-refractivity contribution < 1.29 is 0 Å². The molecule has 0 radical (unpaired) electrons. The molecular formula is C11H11N. The third-order valence-electron chi connectivity index (χ3n) is 1.58. The van der Waals surface area contributed by atoms with Gasteiger partial charge in [-0.1, -0.05) is 42.5 Å². The highest BCUT2D eigenvalue weighted by Crippen LogP contribution is 2.03. The molecule has 60 valence electrons. The molecule has 0 saturated heterocycles. The molecule has 1 heteroatoms. The van der Waals surface area contributed by atoms with E-state index in [4.69, 9.17) is 5.26 Å². The van der Waals surface area contributed by atoms with Gasteiger partial charge in [-0.2, -0.15) is 5.26 Å². The number of allylic oxidation sites excluding steroid dienone is 1. The van der Waals surface area contributed by atoms with Crippen molar-refractivity contribution in [2.24, 2.45) is 5.92 Å². The maximum Gasteiger partial charge on any atom is 0.0694 e. The van der Waals surface area contributed by atoms with Crippen molar-refractivity contribution in [3.8, 4) is 6.07 Å². The quantitative estimate of drug-likeness (QED) is 0.647. The fraction of sp³-hybridized carbons (Fsp3) is 0.182. The van der Waals surface area contributed by atoms with Gasteiger partial charge in [-0.25, -0.2) is 0 Å². The fourth-order valence-electron chi connectivity index (χ4n) is 0.863. The Morgan fingerprint density at radius 3 is 2.58 bits per heavy atom. The highest BCUT2D eigenvalue weighted by Gasteiger charge is 1.90. The van der Waals surface area contributed by atoms with E-state index in [0.717, 1.165) is 5.56 Å². The van der Waals surface area contributed by atoms with Gasteiger partial charge in [-0.3, -0.25) is 0 Å². The van der Waals surface area contributed by atoms with Crippen LogP contribution < -0.4 is 0 Å². The number of benzene rings is 1. The Labute approximate surface area is 73.0 Å². The smallest absolute Gasteiger partial charge is 0.0694 e. The lowest BCUT2D eigenvalue weighted by Gasteiger charge is -1.92. The molecule has 0 N–H and O–H groups in total. The van der Waals surface area contributed by atoms with E-state index in [-0.39, 0.29) is 5.92 Å². The van der Waals surface area contributed by atoms with Gasteiger partial charge in [0.2, 0.25) is 0 Å². The molecule has 1 rings (SSSR count). The maximum absolute atomic E-state index is 8.51. The molecule has 1 aromatic carbocycles. The van der Waals surface area contributed by atoms with Crippen LogP contribution in [-0.2, 0) is 0 Å². The standard InChI is InChI=1S/C11H11N/c1-10(9-12)7-8-11-5-3-2-4-6-11/h2-8,10H,1H3/b8-7+/t10-/m1/s1. The van der Waals surface area contributed by atoms with Gasteiger partial charge in [0.25, 0.3) is 0 Å². The molecule has 0 amide bonds. The van der Waals surface area contributed by atoms with E-state index in [1.165, 1.54) is 0 Å². The highest BCUT2D eigenvalue weighted by atomic mass is 14.2. The Morgan fingerprint density at radius 2 is 2.00 bits per heavy atom. The van der Waals surface area contributed by atoms with Crippen LogP contribution in [0.3, 0.4) is 0 Å². The third kappa shape index (κ3) is 2.59. The molecule has 0 aliphatic carbocycles. The molecular weight excluding hydrogens is 146 g/mol. The maximum atomic E-state index is 8.51. The molecule has 0 spiro atoms. The summed E-state index contributed by atoms with van der Waals surface area (Å²) in [4.78, 5) is 0. The molecule has 0 bridgehead atoms. The summed E-state index contributed by atoms with van der Waals surface area (Å²) in [6, 6.07) is 12.1. The molecule has 0 aliphatic heterocycles. The van der Waals surface area contributed by atoms with Crippen LogP contribution in [0.1, 0.15) is 12.5 Å². The average Bonchev–Trinajstić information content (AvgIpc) is 2.16. The third-order valence-corrected chi connectivity index (χ3v) is 1.58. The van der Waals surface area contributed by atoms with E-state index in [2.05, 4.69) is 6.07 Å². The second-order valence-electron chi connectivity index (χ2n) is 2.69. The summed E-state index contributed by atoms with van der Waals surface area (Å²) in [5.74, 6) is -0.00907. The Morgan fingerprint density at radius 1 is 1.33 bits per heavy atom. The van der Waals surface area contributed by atoms with E-state index >= 15 is 0 Å². The van der Waals surface area contributed by atoms with Crippen LogP contribution in [0.4, 0.5) is 0 Å². The lowest BCUT2D eigenvalue weighted by atomic mass is 10.1. The Kier molecular flexibility index (Phi) is 3.10. The zero-order valence-electron chi connectivity index (χ0n) is 7.07. The topological polar surface area (TPSA) is 23.8 Å². The van der Waals surface area contributed by atoms with Crippen molar-refractivity contribution in [1.82, 2.24) is 0 Å². The lowest BCUT2D eigenvalue weighted by molar-refractivity contribution is 0.962. The normalized spacial score (nSPS) is 12.7. The Balaban J connectivity index is 2.65. The molecule has 0 saturated carbocycles. The molecule has 0 aromatic heterocycles. The van der Waals surface area contributed by atoms with Crippen LogP contribution in [0.25, 0.3) is 6.08 Å². The number of nitriles is 1. The van der Waals surface area contributed by atoms with Crippen LogP contribution >= 0.6 is 0 Å². The van der Waals surface area contributed by atoms with E-state index < -0.39 is 0 Å². The van der Waals surface area contributed by atoms with Gasteiger partial charge in [0.15, 0.2) is 0 Å². The summed E-state index contributed by atoms with van der Waals surface area (Å²) < 4.78 is 0.